The number of ether oxygens (including phenoxy) is 4. The third-order valence-corrected chi connectivity index (χ3v) is 11.8. The van der Waals surface area contributed by atoms with Crippen LogP contribution in [0.4, 0.5) is 0 Å². The van der Waals surface area contributed by atoms with Gasteiger partial charge < -0.3 is 23.8 Å². The molecule has 330 valence electrons. The summed E-state index contributed by atoms with van der Waals surface area (Å²) in [6.07, 6.45) is 36.8. The molecule has 1 saturated heterocycles. The molecule has 0 aromatic rings. The summed E-state index contributed by atoms with van der Waals surface area (Å²) in [6.45, 7) is 13.0. The van der Waals surface area contributed by atoms with Crippen LogP contribution < -0.4 is 0 Å². The second-order valence-electron chi connectivity index (χ2n) is 17.2. The van der Waals surface area contributed by atoms with Crippen molar-refractivity contribution in [3.63, 3.8) is 0 Å². The zero-order valence-electron chi connectivity index (χ0n) is 37.7. The highest BCUT2D eigenvalue weighted by molar-refractivity contribution is 5.78. The van der Waals surface area contributed by atoms with Crippen LogP contribution in [0.25, 0.3) is 0 Å². The number of hydrogen-bond acceptors (Lipinski definition) is 7. The molecule has 7 heteroatoms. The third-order valence-electron chi connectivity index (χ3n) is 11.8. The first-order valence-corrected chi connectivity index (χ1v) is 24.4. The van der Waals surface area contributed by atoms with Crippen LogP contribution >= 0.6 is 0 Å². The van der Waals surface area contributed by atoms with E-state index in [9.17, 15) is 9.59 Å². The largest absolute Gasteiger partial charge is 0.483 e. The number of likely N-dealkylation sites (tertiary alicyclic amines) is 1. The van der Waals surface area contributed by atoms with Crippen LogP contribution in [0.3, 0.4) is 0 Å². The van der Waals surface area contributed by atoms with Crippen LogP contribution in [-0.4, -0.2) is 82.0 Å². The lowest BCUT2D eigenvalue weighted by atomic mass is 9.91. The van der Waals surface area contributed by atoms with Crippen molar-refractivity contribution in [2.24, 2.45) is 5.92 Å². The van der Waals surface area contributed by atoms with Gasteiger partial charge >= 0.3 is 0 Å². The molecule has 7 nitrogen and oxygen atoms in total. The predicted molar refractivity (Wildman–Crippen MR) is 236 cm³/mol. The summed E-state index contributed by atoms with van der Waals surface area (Å²) in [5.41, 5.74) is 0. The molecule has 1 heterocycles. The van der Waals surface area contributed by atoms with E-state index >= 15 is 0 Å². The van der Waals surface area contributed by atoms with Crippen molar-refractivity contribution in [3.05, 3.63) is 5.76 Å². The van der Waals surface area contributed by atoms with E-state index in [1.807, 2.05) is 0 Å². The number of nitrogens with zero attached hydrogens (tertiary/aromatic N) is 1. The number of carbonyl (C=O) groups excluding carboxylic acids is 2. The van der Waals surface area contributed by atoms with E-state index in [1.165, 1.54) is 103 Å². The molecule has 0 spiro atoms. The van der Waals surface area contributed by atoms with Crippen LogP contribution in [0.15, 0.2) is 5.76 Å². The average Bonchev–Trinajstić information content (AvgIpc) is 3.20. The second kappa shape index (κ2) is 40.5. The summed E-state index contributed by atoms with van der Waals surface area (Å²) in [6, 6.07) is 0. The zero-order valence-corrected chi connectivity index (χ0v) is 37.7. The Morgan fingerprint density at radius 1 is 0.571 bits per heavy atom. The minimum absolute atomic E-state index is 0.181. The molecule has 1 unspecified atom stereocenters. The predicted octanol–water partition coefficient (Wildman–Crippen LogP) is 13.2. The normalized spacial score (nSPS) is 14.4. The third kappa shape index (κ3) is 33.7. The number of allylic oxidation sites excluding steroid dienone is 1. The molecule has 1 atom stereocenters. The van der Waals surface area contributed by atoms with Gasteiger partial charge in [-0.25, -0.2) is 4.79 Å². The fraction of sp³-hybridized carbons (Fsp3) is 0.939. The van der Waals surface area contributed by atoms with Crippen molar-refractivity contribution in [2.75, 3.05) is 53.2 Å². The summed E-state index contributed by atoms with van der Waals surface area (Å²) in [7, 11) is 2.17. The van der Waals surface area contributed by atoms with Crippen molar-refractivity contribution >= 4 is 11.7 Å². The number of piperidine rings is 1. The van der Waals surface area contributed by atoms with Gasteiger partial charge in [-0.15, -0.1) is 0 Å². The molecule has 56 heavy (non-hydrogen) atoms. The number of ketones is 1. The van der Waals surface area contributed by atoms with Gasteiger partial charge in [0, 0.05) is 52.3 Å². The van der Waals surface area contributed by atoms with Crippen LogP contribution in [0.2, 0.25) is 0 Å². The van der Waals surface area contributed by atoms with Gasteiger partial charge in [0.25, 0.3) is 0 Å². The molecule has 1 rings (SSSR count). The van der Waals surface area contributed by atoms with Crippen molar-refractivity contribution in [1.82, 2.24) is 4.90 Å². The molecule has 0 amide bonds. The molecular formula is C49H93NO6. The van der Waals surface area contributed by atoms with E-state index in [0.29, 0.717) is 36.6 Å². The second-order valence-corrected chi connectivity index (χ2v) is 17.2. The SMILES string of the molecule is CCCCCCCCC(CCCCCCCC)OC(=C=O)CCCCCCCOC(CC)CCCCOCCCCCOCCCC(=O)CC1CCN(C)CC1. The summed E-state index contributed by atoms with van der Waals surface area (Å²) in [4.78, 5) is 26.4. The zero-order chi connectivity index (χ0) is 40.6. The Kier molecular flexibility index (Phi) is 38.2. The minimum Gasteiger partial charge on any atom is -0.483 e. The maximum Gasteiger partial charge on any atom is 0.179 e. The van der Waals surface area contributed by atoms with Crippen LogP contribution in [0.1, 0.15) is 226 Å². The van der Waals surface area contributed by atoms with E-state index < -0.39 is 0 Å². The van der Waals surface area contributed by atoms with Crippen LogP contribution in [0.5, 0.6) is 0 Å². The lowest BCUT2D eigenvalue weighted by molar-refractivity contribution is -0.120. The van der Waals surface area contributed by atoms with Crippen molar-refractivity contribution in [3.8, 4) is 0 Å². The minimum atomic E-state index is 0.181. The van der Waals surface area contributed by atoms with Crippen LogP contribution in [0, 0.1) is 5.92 Å². The molecule has 1 aliphatic heterocycles. The van der Waals surface area contributed by atoms with E-state index in [0.717, 1.165) is 136 Å². The molecule has 0 N–H and O–H groups in total. The van der Waals surface area contributed by atoms with E-state index in [2.05, 4.69) is 38.7 Å². The van der Waals surface area contributed by atoms with Gasteiger partial charge in [-0.05, 0) is 129 Å². The molecule has 1 aliphatic rings. The van der Waals surface area contributed by atoms with Gasteiger partial charge in [0.2, 0.25) is 0 Å². The molecule has 1 fully saturated rings. The first-order valence-electron chi connectivity index (χ1n) is 24.4. The molecular weight excluding hydrogens is 699 g/mol. The molecule has 0 aromatic carbocycles. The van der Waals surface area contributed by atoms with Gasteiger partial charge in [-0.3, -0.25) is 4.79 Å². The lowest BCUT2D eigenvalue weighted by Crippen LogP contribution is -2.31. The highest BCUT2D eigenvalue weighted by Crippen LogP contribution is 2.22. The summed E-state index contributed by atoms with van der Waals surface area (Å²) in [5.74, 6) is 3.73. The van der Waals surface area contributed by atoms with Crippen molar-refractivity contribution in [2.45, 2.75) is 238 Å². The molecule has 0 aliphatic carbocycles. The Balaban J connectivity index is 1.98. The first kappa shape index (κ1) is 52.8. The topological polar surface area (TPSA) is 74.3 Å². The van der Waals surface area contributed by atoms with E-state index in [1.54, 1.807) is 0 Å². The monoisotopic (exact) mass is 792 g/mol. The van der Waals surface area contributed by atoms with Gasteiger partial charge in [0.1, 0.15) is 5.78 Å². The Hall–Kier alpha value is -1.24. The fourth-order valence-electron chi connectivity index (χ4n) is 7.90. The number of rotatable bonds is 43. The Morgan fingerprint density at radius 2 is 1.04 bits per heavy atom. The Bertz CT molecular complexity index is 883. The van der Waals surface area contributed by atoms with E-state index in [-0.39, 0.29) is 6.10 Å². The summed E-state index contributed by atoms with van der Waals surface area (Å²) >= 11 is 0. The Labute approximate surface area is 347 Å². The Morgan fingerprint density at radius 3 is 1.62 bits per heavy atom. The number of Topliss-reactive ketones (excluding diaryl/α,β-unsaturated/α-hetero) is 1. The quantitative estimate of drug-likeness (QED) is 0.0346. The number of carbonyl (C=O) groups is 1. The summed E-state index contributed by atoms with van der Waals surface area (Å²) in [5, 5.41) is 0. The van der Waals surface area contributed by atoms with Gasteiger partial charge in [-0.2, -0.15) is 0 Å². The molecule has 0 radical (unpaired) electrons. The van der Waals surface area contributed by atoms with Crippen molar-refractivity contribution < 1.29 is 28.5 Å². The highest BCUT2D eigenvalue weighted by Gasteiger charge is 2.19. The first-order chi connectivity index (χ1) is 27.5. The van der Waals surface area contributed by atoms with Gasteiger partial charge in [0.05, 0.1) is 12.2 Å². The maximum absolute atomic E-state index is 12.2. The smallest absolute Gasteiger partial charge is 0.179 e. The number of unbranched alkanes of at least 4 members (excludes halogenated alkanes) is 17. The molecule has 0 saturated carbocycles. The molecule has 0 aromatic heterocycles. The van der Waals surface area contributed by atoms with Crippen molar-refractivity contribution in [1.29, 1.82) is 0 Å². The van der Waals surface area contributed by atoms with Crippen LogP contribution in [-0.2, 0) is 28.5 Å². The highest BCUT2D eigenvalue weighted by atomic mass is 16.5. The summed E-state index contributed by atoms with van der Waals surface area (Å²) < 4.78 is 24.2. The maximum atomic E-state index is 12.2. The number of hydrogen-bond donors (Lipinski definition) is 0. The standard InChI is InChI=1S/C49H93NO6/c1-5-8-10-12-15-20-31-48(32-21-16-13-11-9-6-2)56-49(44-51)33-22-17-14-18-26-42-55-47(7-3)30-23-27-40-53-38-24-19-25-39-54-41-28-29-46(52)43-45-34-36-50(4)37-35-45/h45,47-48H,5-43H2,1-4H3. The van der Waals surface area contributed by atoms with E-state index in [4.69, 9.17) is 18.9 Å². The lowest BCUT2D eigenvalue weighted by Gasteiger charge is -2.28. The molecule has 0 bridgehead atoms. The fourth-order valence-corrected chi connectivity index (χ4v) is 7.90. The average molecular weight is 792 g/mol. The van der Waals surface area contributed by atoms with Gasteiger partial charge in [0.15, 0.2) is 11.7 Å². The van der Waals surface area contributed by atoms with Gasteiger partial charge in [-0.1, -0.05) is 104 Å².